The molecule has 1 unspecified atom stereocenters. The fourth-order valence-corrected chi connectivity index (χ4v) is 5.38. The minimum absolute atomic E-state index is 0.0646. The second-order valence-electron chi connectivity index (χ2n) is 9.72. The van der Waals surface area contributed by atoms with Crippen molar-refractivity contribution in [3.8, 4) is 17.0 Å². The molecule has 2 aromatic heterocycles. The predicted octanol–water partition coefficient (Wildman–Crippen LogP) is 3.76. The second-order valence-corrected chi connectivity index (χ2v) is 9.72. The summed E-state index contributed by atoms with van der Waals surface area (Å²) < 4.78 is 20.0. The van der Waals surface area contributed by atoms with Crippen LogP contribution in [0.15, 0.2) is 36.5 Å². The number of hydrogen-bond donors (Lipinski definition) is 1. The van der Waals surface area contributed by atoms with Crippen molar-refractivity contribution < 1.29 is 13.9 Å². The normalized spacial score (nSPS) is 22.2. The van der Waals surface area contributed by atoms with Crippen LogP contribution in [0.5, 0.6) is 5.75 Å². The van der Waals surface area contributed by atoms with E-state index in [0.717, 1.165) is 67.2 Å². The summed E-state index contributed by atoms with van der Waals surface area (Å²) in [6.07, 6.45) is 5.52. The van der Waals surface area contributed by atoms with Crippen LogP contribution in [0.25, 0.3) is 22.2 Å². The van der Waals surface area contributed by atoms with Gasteiger partial charge in [-0.1, -0.05) is 0 Å². The Bertz CT molecular complexity index is 1250. The Morgan fingerprint density at radius 3 is 2.68 bits per heavy atom. The molecule has 8 heteroatoms. The minimum atomic E-state index is -0.398. The van der Waals surface area contributed by atoms with E-state index in [4.69, 9.17) is 9.72 Å². The maximum atomic E-state index is 14.7. The number of nitrogens with one attached hydrogen (secondary N) is 1. The molecule has 3 aromatic rings. The van der Waals surface area contributed by atoms with Crippen LogP contribution in [-0.2, 0) is 4.79 Å². The van der Waals surface area contributed by atoms with Gasteiger partial charge in [-0.05, 0) is 43.5 Å². The van der Waals surface area contributed by atoms with Crippen LogP contribution < -0.4 is 19.9 Å². The molecule has 34 heavy (non-hydrogen) atoms. The molecule has 0 aliphatic carbocycles. The maximum Gasteiger partial charge on any atom is 0.220 e. The minimum Gasteiger partial charge on any atom is -0.494 e. The number of halogens is 1. The Morgan fingerprint density at radius 2 is 2.00 bits per heavy atom. The van der Waals surface area contributed by atoms with Gasteiger partial charge in [-0.15, -0.1) is 0 Å². The van der Waals surface area contributed by atoms with Gasteiger partial charge in [-0.2, -0.15) is 0 Å². The number of amides is 1. The van der Waals surface area contributed by atoms with Crippen molar-refractivity contribution in [2.24, 2.45) is 5.41 Å². The molecule has 176 valence electrons. The Kier molecular flexibility index (Phi) is 5.04. The molecule has 3 aliphatic rings. The first-order valence-electron chi connectivity index (χ1n) is 11.9. The highest BCUT2D eigenvalue weighted by Crippen LogP contribution is 2.42. The first kappa shape index (κ1) is 21.1. The molecule has 6 rings (SSSR count). The van der Waals surface area contributed by atoms with E-state index in [9.17, 15) is 9.18 Å². The fraction of sp³-hybridized carbons (Fsp3) is 0.423. The molecule has 1 N–H and O–H groups in total. The number of methoxy groups -OCH3 is 1. The van der Waals surface area contributed by atoms with Gasteiger partial charge in [0.2, 0.25) is 5.91 Å². The Balaban J connectivity index is 1.41. The number of aromatic nitrogens is 2. The van der Waals surface area contributed by atoms with E-state index in [-0.39, 0.29) is 17.1 Å². The third-order valence-corrected chi connectivity index (χ3v) is 7.61. The Labute approximate surface area is 197 Å². The Morgan fingerprint density at radius 1 is 1.12 bits per heavy atom. The van der Waals surface area contributed by atoms with Crippen LogP contribution in [0.3, 0.4) is 0 Å². The largest absolute Gasteiger partial charge is 0.494 e. The van der Waals surface area contributed by atoms with Crippen LogP contribution in [0.2, 0.25) is 0 Å². The van der Waals surface area contributed by atoms with Crippen LogP contribution in [0.4, 0.5) is 15.9 Å². The summed E-state index contributed by atoms with van der Waals surface area (Å²) in [5, 5.41) is 3.81. The van der Waals surface area contributed by atoms with Crippen molar-refractivity contribution in [3.05, 3.63) is 42.3 Å². The highest BCUT2D eigenvalue weighted by molar-refractivity contribution is 5.95. The molecule has 1 amide bonds. The number of rotatable bonds is 4. The quantitative estimate of drug-likeness (QED) is 0.638. The number of carbonyl (C=O) groups is 1. The molecule has 3 saturated heterocycles. The average Bonchev–Trinajstić information content (AvgIpc) is 3.23. The number of fused-ring (bicyclic) bond motifs is 1. The summed E-state index contributed by atoms with van der Waals surface area (Å²) in [5.41, 5.74) is 3.44. The van der Waals surface area contributed by atoms with E-state index in [1.54, 1.807) is 6.07 Å². The number of hydrogen-bond acceptors (Lipinski definition) is 6. The molecule has 1 atom stereocenters. The molecule has 7 nitrogen and oxygen atoms in total. The number of pyridine rings is 2. The number of ether oxygens (including phenoxy) is 1. The van der Waals surface area contributed by atoms with Gasteiger partial charge < -0.3 is 19.9 Å². The van der Waals surface area contributed by atoms with E-state index < -0.39 is 5.82 Å². The zero-order chi connectivity index (χ0) is 23.3. The van der Waals surface area contributed by atoms with E-state index in [1.807, 2.05) is 12.3 Å². The third-order valence-electron chi connectivity index (χ3n) is 7.61. The first-order chi connectivity index (χ1) is 16.5. The standard InChI is InChI=1S/C26H28FN5O2/c1-34-23-13-21-18(11-19(23)27)22(32-10-7-26(16-32)6-5-25(33)29-15-26)12-20(30-21)17-3-4-24(28-14-17)31-8-2-9-31/h3-4,11-14H,2,5-10,15-16H2,1H3,(H,29,33). The van der Waals surface area contributed by atoms with E-state index in [2.05, 4.69) is 32.2 Å². The molecule has 0 bridgehead atoms. The molecular weight excluding hydrogens is 433 g/mol. The second kappa shape index (κ2) is 8.11. The topological polar surface area (TPSA) is 70.6 Å². The summed E-state index contributed by atoms with van der Waals surface area (Å²) in [5.74, 6) is 0.900. The van der Waals surface area contributed by atoms with Crippen molar-refractivity contribution >= 4 is 28.3 Å². The van der Waals surface area contributed by atoms with Gasteiger partial charge in [0.1, 0.15) is 5.82 Å². The van der Waals surface area contributed by atoms with Crippen molar-refractivity contribution in [1.29, 1.82) is 0 Å². The molecule has 1 aromatic carbocycles. The van der Waals surface area contributed by atoms with Gasteiger partial charge in [0.25, 0.3) is 0 Å². The zero-order valence-corrected chi connectivity index (χ0v) is 19.3. The lowest BCUT2D eigenvalue weighted by atomic mass is 9.80. The van der Waals surface area contributed by atoms with Gasteiger partial charge in [0.05, 0.1) is 18.3 Å². The SMILES string of the molecule is COc1cc2nc(-c3ccc(N4CCC4)nc3)cc(N3CCC4(CCC(=O)NC4)C3)c2cc1F. The summed E-state index contributed by atoms with van der Waals surface area (Å²) in [6, 6.07) is 9.35. The van der Waals surface area contributed by atoms with Crippen LogP contribution in [-0.4, -0.2) is 55.7 Å². The first-order valence-corrected chi connectivity index (χ1v) is 11.9. The smallest absolute Gasteiger partial charge is 0.220 e. The van der Waals surface area contributed by atoms with Gasteiger partial charge in [0, 0.05) is 73.5 Å². The summed E-state index contributed by atoms with van der Waals surface area (Å²) in [7, 11) is 1.47. The van der Waals surface area contributed by atoms with Crippen LogP contribution in [0.1, 0.15) is 25.7 Å². The van der Waals surface area contributed by atoms with Crippen LogP contribution in [0, 0.1) is 11.2 Å². The molecule has 1 spiro atoms. The lowest BCUT2D eigenvalue weighted by Crippen LogP contribution is -2.44. The molecule has 5 heterocycles. The zero-order valence-electron chi connectivity index (χ0n) is 19.3. The fourth-order valence-electron chi connectivity index (χ4n) is 5.38. The highest BCUT2D eigenvalue weighted by Gasteiger charge is 2.41. The summed E-state index contributed by atoms with van der Waals surface area (Å²) >= 11 is 0. The maximum absolute atomic E-state index is 14.7. The molecule has 0 radical (unpaired) electrons. The number of carbonyl (C=O) groups excluding carboxylic acids is 1. The number of piperidine rings is 1. The van der Waals surface area contributed by atoms with E-state index in [1.165, 1.54) is 19.6 Å². The predicted molar refractivity (Wildman–Crippen MR) is 130 cm³/mol. The Hall–Kier alpha value is -3.42. The van der Waals surface area contributed by atoms with Gasteiger partial charge in [-0.3, -0.25) is 4.79 Å². The van der Waals surface area contributed by atoms with Crippen molar-refractivity contribution in [3.63, 3.8) is 0 Å². The van der Waals surface area contributed by atoms with Gasteiger partial charge >= 0.3 is 0 Å². The molecule has 0 saturated carbocycles. The van der Waals surface area contributed by atoms with Gasteiger partial charge in [-0.25, -0.2) is 14.4 Å². The number of anilines is 2. The third kappa shape index (κ3) is 3.61. The summed E-state index contributed by atoms with van der Waals surface area (Å²) in [4.78, 5) is 25.8. The highest BCUT2D eigenvalue weighted by atomic mass is 19.1. The van der Waals surface area contributed by atoms with Crippen molar-refractivity contribution in [2.75, 3.05) is 49.6 Å². The number of nitrogens with zero attached hydrogens (tertiary/aromatic N) is 4. The molecule has 3 aliphatic heterocycles. The number of benzene rings is 1. The lowest BCUT2D eigenvalue weighted by Gasteiger charge is -2.34. The summed E-state index contributed by atoms with van der Waals surface area (Å²) in [6.45, 7) is 4.47. The van der Waals surface area contributed by atoms with Crippen molar-refractivity contribution in [1.82, 2.24) is 15.3 Å². The molecule has 3 fully saturated rings. The van der Waals surface area contributed by atoms with E-state index in [0.29, 0.717) is 18.5 Å². The van der Waals surface area contributed by atoms with E-state index >= 15 is 0 Å². The van der Waals surface area contributed by atoms with Crippen LogP contribution >= 0.6 is 0 Å². The monoisotopic (exact) mass is 461 g/mol. The van der Waals surface area contributed by atoms with Crippen molar-refractivity contribution in [2.45, 2.75) is 25.7 Å². The van der Waals surface area contributed by atoms with Gasteiger partial charge in [0.15, 0.2) is 11.6 Å². The lowest BCUT2D eigenvalue weighted by molar-refractivity contribution is -0.124. The molecular formula is C26H28FN5O2. The average molecular weight is 462 g/mol.